The standard InChI is InChI=1S/C10H16N2O2/c1-11-9-5-3-7-12(8-4-6-9)10(13)14-2/h9H,3-8H2,2H3. The monoisotopic (exact) mass is 196 g/mol. The second kappa shape index (κ2) is 5.48. The number of carbonyl (C=O) groups excluding carboxylic acids is 1. The quantitative estimate of drug-likeness (QED) is 0.555. The molecule has 1 aliphatic heterocycles. The summed E-state index contributed by atoms with van der Waals surface area (Å²) in [7, 11) is 1.41. The molecule has 0 radical (unpaired) electrons. The van der Waals surface area contributed by atoms with Crippen LogP contribution in [0.1, 0.15) is 25.7 Å². The van der Waals surface area contributed by atoms with Crippen molar-refractivity contribution in [1.82, 2.24) is 4.90 Å². The van der Waals surface area contributed by atoms with E-state index in [2.05, 4.69) is 9.58 Å². The van der Waals surface area contributed by atoms with Crippen LogP contribution in [-0.4, -0.2) is 37.2 Å². The van der Waals surface area contributed by atoms with Crippen molar-refractivity contribution in [1.29, 1.82) is 0 Å². The van der Waals surface area contributed by atoms with Crippen LogP contribution in [0.15, 0.2) is 0 Å². The van der Waals surface area contributed by atoms with Gasteiger partial charge in [0.15, 0.2) is 0 Å². The molecule has 0 N–H and O–H groups in total. The SMILES string of the molecule is [C-]#[N+]C1CCCN(C(=O)OC)CCC1. The molecule has 0 spiro atoms. The number of hydrogen-bond donors (Lipinski definition) is 0. The molecular formula is C10H16N2O2. The third-order valence-corrected chi connectivity index (χ3v) is 2.55. The van der Waals surface area contributed by atoms with E-state index in [-0.39, 0.29) is 12.1 Å². The highest BCUT2D eigenvalue weighted by atomic mass is 16.5. The van der Waals surface area contributed by atoms with Crippen LogP contribution >= 0.6 is 0 Å². The number of carbonyl (C=O) groups is 1. The molecule has 1 rings (SSSR count). The molecule has 0 atom stereocenters. The van der Waals surface area contributed by atoms with E-state index in [9.17, 15) is 4.79 Å². The number of nitrogens with zero attached hydrogens (tertiary/aromatic N) is 2. The third-order valence-electron chi connectivity index (χ3n) is 2.55. The predicted octanol–water partition coefficient (Wildman–Crippen LogP) is 1.92. The number of methoxy groups -OCH3 is 1. The van der Waals surface area contributed by atoms with Crippen molar-refractivity contribution in [3.63, 3.8) is 0 Å². The molecule has 4 heteroatoms. The minimum atomic E-state index is -0.244. The van der Waals surface area contributed by atoms with Crippen molar-refractivity contribution in [3.05, 3.63) is 11.4 Å². The Labute approximate surface area is 84.7 Å². The Balaban J connectivity index is 2.40. The summed E-state index contributed by atoms with van der Waals surface area (Å²) in [4.78, 5) is 16.5. The van der Waals surface area contributed by atoms with Gasteiger partial charge in [-0.3, -0.25) is 0 Å². The summed E-state index contributed by atoms with van der Waals surface area (Å²) in [5.41, 5.74) is 0. The van der Waals surface area contributed by atoms with Gasteiger partial charge < -0.3 is 14.5 Å². The minimum Gasteiger partial charge on any atom is -0.453 e. The topological polar surface area (TPSA) is 33.9 Å². The van der Waals surface area contributed by atoms with Crippen LogP contribution in [0.5, 0.6) is 0 Å². The molecule has 0 aromatic rings. The number of likely N-dealkylation sites (tertiary alicyclic amines) is 1. The highest BCUT2D eigenvalue weighted by Crippen LogP contribution is 2.14. The van der Waals surface area contributed by atoms with Crippen molar-refractivity contribution in [3.8, 4) is 0 Å². The Morgan fingerprint density at radius 1 is 1.43 bits per heavy atom. The molecule has 0 saturated carbocycles. The van der Waals surface area contributed by atoms with Gasteiger partial charge in [0, 0.05) is 25.9 Å². The molecule has 0 bridgehead atoms. The third kappa shape index (κ3) is 2.91. The first-order valence-electron chi connectivity index (χ1n) is 4.97. The van der Waals surface area contributed by atoms with Gasteiger partial charge in [0.2, 0.25) is 6.04 Å². The zero-order valence-electron chi connectivity index (χ0n) is 8.53. The maximum atomic E-state index is 11.2. The summed E-state index contributed by atoms with van der Waals surface area (Å²) in [5, 5.41) is 0. The molecule has 1 amide bonds. The van der Waals surface area contributed by atoms with Crippen molar-refractivity contribution >= 4 is 6.09 Å². The van der Waals surface area contributed by atoms with Gasteiger partial charge in [0.1, 0.15) is 0 Å². The van der Waals surface area contributed by atoms with Crippen molar-refractivity contribution in [2.75, 3.05) is 20.2 Å². The lowest BCUT2D eigenvalue weighted by Gasteiger charge is -2.23. The smallest absolute Gasteiger partial charge is 0.409 e. The summed E-state index contributed by atoms with van der Waals surface area (Å²) < 4.78 is 4.67. The molecule has 1 heterocycles. The maximum absolute atomic E-state index is 11.2. The second-order valence-electron chi connectivity index (χ2n) is 3.52. The van der Waals surface area contributed by atoms with E-state index < -0.39 is 0 Å². The first kappa shape index (κ1) is 10.8. The van der Waals surface area contributed by atoms with Gasteiger partial charge in [-0.15, -0.1) is 0 Å². The van der Waals surface area contributed by atoms with Crippen molar-refractivity contribution < 1.29 is 9.53 Å². The molecule has 1 aliphatic rings. The van der Waals surface area contributed by atoms with Gasteiger partial charge in [-0.1, -0.05) is 0 Å². The van der Waals surface area contributed by atoms with Gasteiger partial charge in [-0.2, -0.15) is 0 Å². The van der Waals surface area contributed by atoms with E-state index in [0.717, 1.165) is 38.8 Å². The Bertz CT molecular complexity index is 225. The van der Waals surface area contributed by atoms with Gasteiger partial charge in [0.25, 0.3) is 0 Å². The van der Waals surface area contributed by atoms with Crippen molar-refractivity contribution in [2.24, 2.45) is 0 Å². The fraction of sp³-hybridized carbons (Fsp3) is 0.800. The summed E-state index contributed by atoms with van der Waals surface area (Å²) in [5.74, 6) is 0. The van der Waals surface area contributed by atoms with Crippen LogP contribution in [0.3, 0.4) is 0 Å². The highest BCUT2D eigenvalue weighted by molar-refractivity contribution is 5.67. The van der Waals surface area contributed by atoms with Crippen LogP contribution in [0.2, 0.25) is 0 Å². The van der Waals surface area contributed by atoms with Crippen LogP contribution < -0.4 is 0 Å². The van der Waals surface area contributed by atoms with Crippen LogP contribution in [0, 0.1) is 6.57 Å². The molecule has 0 unspecified atom stereocenters. The van der Waals surface area contributed by atoms with Crippen molar-refractivity contribution in [2.45, 2.75) is 31.7 Å². The first-order valence-corrected chi connectivity index (χ1v) is 4.97. The van der Waals surface area contributed by atoms with E-state index >= 15 is 0 Å². The molecule has 4 nitrogen and oxygen atoms in total. The van der Waals surface area contributed by atoms with Crippen LogP contribution in [0.25, 0.3) is 4.85 Å². The summed E-state index contributed by atoms with van der Waals surface area (Å²) >= 11 is 0. The summed E-state index contributed by atoms with van der Waals surface area (Å²) in [6.07, 6.45) is 3.37. The molecule has 1 saturated heterocycles. The lowest BCUT2D eigenvalue weighted by molar-refractivity contribution is 0.119. The second-order valence-corrected chi connectivity index (χ2v) is 3.52. The Hall–Kier alpha value is -1.24. The van der Waals surface area contributed by atoms with Crippen LogP contribution in [0.4, 0.5) is 4.79 Å². The lowest BCUT2D eigenvalue weighted by atomic mass is 10.0. The zero-order valence-corrected chi connectivity index (χ0v) is 8.53. The minimum absolute atomic E-state index is 0.162. The number of hydrogen-bond acceptors (Lipinski definition) is 2. The number of amides is 1. The van der Waals surface area contributed by atoms with Gasteiger partial charge >= 0.3 is 6.09 Å². The summed E-state index contributed by atoms with van der Waals surface area (Å²) in [6.45, 7) is 8.40. The summed E-state index contributed by atoms with van der Waals surface area (Å²) in [6, 6.07) is 0.162. The fourth-order valence-corrected chi connectivity index (χ4v) is 1.73. The number of ether oxygens (including phenoxy) is 1. The van der Waals surface area contributed by atoms with E-state index in [1.807, 2.05) is 0 Å². The van der Waals surface area contributed by atoms with E-state index in [4.69, 9.17) is 6.57 Å². The Kier molecular flexibility index (Phi) is 4.24. The predicted molar refractivity (Wildman–Crippen MR) is 52.8 cm³/mol. The average molecular weight is 196 g/mol. The van der Waals surface area contributed by atoms with Gasteiger partial charge in [-0.05, 0) is 12.8 Å². The molecule has 0 aliphatic carbocycles. The molecule has 0 aromatic heterocycles. The number of rotatable bonds is 0. The Morgan fingerprint density at radius 3 is 2.43 bits per heavy atom. The Morgan fingerprint density at radius 2 is 2.00 bits per heavy atom. The normalized spacial score (nSPS) is 19.3. The molecule has 78 valence electrons. The maximum Gasteiger partial charge on any atom is 0.409 e. The van der Waals surface area contributed by atoms with Gasteiger partial charge in [0.05, 0.1) is 7.11 Å². The zero-order chi connectivity index (χ0) is 10.4. The van der Waals surface area contributed by atoms with E-state index in [0.29, 0.717) is 0 Å². The van der Waals surface area contributed by atoms with E-state index in [1.165, 1.54) is 7.11 Å². The molecule has 0 aromatic carbocycles. The largest absolute Gasteiger partial charge is 0.453 e. The molecular weight excluding hydrogens is 180 g/mol. The lowest BCUT2D eigenvalue weighted by Crippen LogP contribution is -2.34. The van der Waals surface area contributed by atoms with E-state index in [1.54, 1.807) is 4.90 Å². The van der Waals surface area contributed by atoms with Crippen LogP contribution in [-0.2, 0) is 4.74 Å². The highest BCUT2D eigenvalue weighted by Gasteiger charge is 2.20. The average Bonchev–Trinajstić information content (AvgIpc) is 2.17. The molecule has 14 heavy (non-hydrogen) atoms. The van der Waals surface area contributed by atoms with Gasteiger partial charge in [-0.25, -0.2) is 11.4 Å². The molecule has 1 fully saturated rings. The first-order chi connectivity index (χ1) is 6.77. The fourth-order valence-electron chi connectivity index (χ4n) is 1.73.